The van der Waals surface area contributed by atoms with E-state index < -0.39 is 0 Å². The zero-order chi connectivity index (χ0) is 13.1. The zero-order valence-corrected chi connectivity index (χ0v) is 11.5. The van der Waals surface area contributed by atoms with Gasteiger partial charge in [0.2, 0.25) is 0 Å². The normalized spacial score (nSPS) is 13.8. The number of hydrogen-bond donors (Lipinski definition) is 1. The lowest BCUT2D eigenvalue weighted by molar-refractivity contribution is 0.237. The van der Waals surface area contributed by atoms with E-state index in [2.05, 4.69) is 38.9 Å². The van der Waals surface area contributed by atoms with E-state index in [0.717, 1.165) is 12.2 Å². The molecule has 1 aromatic rings. The average Bonchev–Trinajstić information content (AvgIpc) is 2.24. The van der Waals surface area contributed by atoms with Gasteiger partial charge in [-0.1, -0.05) is 18.2 Å². The molecule has 0 spiro atoms. The third-order valence-corrected chi connectivity index (χ3v) is 2.84. The Bertz CT molecular complexity index is 355. The minimum atomic E-state index is -0.199. The molecule has 0 heterocycles. The van der Waals surface area contributed by atoms with Gasteiger partial charge < -0.3 is 15.4 Å². The highest BCUT2D eigenvalue weighted by molar-refractivity contribution is 5.36. The molecule has 3 heteroatoms. The van der Waals surface area contributed by atoms with E-state index in [1.54, 1.807) is 7.11 Å². The lowest BCUT2D eigenvalue weighted by atomic mass is 9.91. The van der Waals surface area contributed by atoms with Crippen molar-refractivity contribution < 1.29 is 4.74 Å². The van der Waals surface area contributed by atoms with Crippen LogP contribution in [0, 0.1) is 0 Å². The van der Waals surface area contributed by atoms with E-state index in [4.69, 9.17) is 10.5 Å². The van der Waals surface area contributed by atoms with Crippen molar-refractivity contribution in [2.75, 3.05) is 21.2 Å². The Morgan fingerprint density at radius 3 is 2.35 bits per heavy atom. The fourth-order valence-corrected chi connectivity index (χ4v) is 2.01. The van der Waals surface area contributed by atoms with Crippen molar-refractivity contribution in [3.63, 3.8) is 0 Å². The van der Waals surface area contributed by atoms with Gasteiger partial charge in [-0.3, -0.25) is 0 Å². The molecule has 0 amide bonds. The zero-order valence-electron chi connectivity index (χ0n) is 11.5. The summed E-state index contributed by atoms with van der Waals surface area (Å²) in [6.45, 7) is 4.11. The smallest absolute Gasteiger partial charge is 0.123 e. The molecule has 2 N–H and O–H groups in total. The van der Waals surface area contributed by atoms with Crippen LogP contribution in [-0.4, -0.2) is 31.6 Å². The summed E-state index contributed by atoms with van der Waals surface area (Å²) in [6.07, 6.45) is 0.889. The molecule has 0 bridgehead atoms. The molecule has 0 radical (unpaired) electrons. The molecular weight excluding hydrogens is 212 g/mol. The first-order valence-electron chi connectivity index (χ1n) is 5.93. The van der Waals surface area contributed by atoms with Crippen molar-refractivity contribution in [1.82, 2.24) is 4.90 Å². The first-order valence-corrected chi connectivity index (χ1v) is 5.93. The van der Waals surface area contributed by atoms with E-state index in [-0.39, 0.29) is 11.6 Å². The predicted octanol–water partition coefficient (Wildman–Crippen LogP) is 2.43. The number of nitrogens with zero attached hydrogens (tertiary/aromatic N) is 1. The van der Waals surface area contributed by atoms with Crippen LogP contribution in [0.15, 0.2) is 24.3 Å². The van der Waals surface area contributed by atoms with Crippen LogP contribution in [0.25, 0.3) is 0 Å². The van der Waals surface area contributed by atoms with Crippen LogP contribution in [-0.2, 0) is 0 Å². The van der Waals surface area contributed by atoms with Gasteiger partial charge in [0.25, 0.3) is 0 Å². The summed E-state index contributed by atoms with van der Waals surface area (Å²) in [6, 6.07) is 8.40. The molecule has 0 aliphatic rings. The van der Waals surface area contributed by atoms with Gasteiger partial charge in [-0.2, -0.15) is 0 Å². The van der Waals surface area contributed by atoms with Crippen LogP contribution < -0.4 is 10.5 Å². The number of ether oxygens (including phenoxy) is 1. The van der Waals surface area contributed by atoms with Crippen molar-refractivity contribution in [3.05, 3.63) is 29.8 Å². The maximum atomic E-state index is 6.14. The predicted molar refractivity (Wildman–Crippen MR) is 72.3 cm³/mol. The Hall–Kier alpha value is -1.06. The highest BCUT2D eigenvalue weighted by atomic mass is 16.5. The fourth-order valence-electron chi connectivity index (χ4n) is 2.01. The second-order valence-corrected chi connectivity index (χ2v) is 5.41. The molecular formula is C14H24N2O. The Morgan fingerprint density at radius 2 is 1.88 bits per heavy atom. The molecule has 1 aromatic carbocycles. The number of nitrogens with two attached hydrogens (primary N) is 1. The van der Waals surface area contributed by atoms with Crippen molar-refractivity contribution >= 4 is 0 Å². The molecule has 0 saturated heterocycles. The molecule has 0 saturated carbocycles. The first kappa shape index (κ1) is 14.0. The molecule has 0 fully saturated rings. The maximum absolute atomic E-state index is 6.14. The third-order valence-electron chi connectivity index (χ3n) is 2.84. The van der Waals surface area contributed by atoms with E-state index in [1.165, 1.54) is 5.56 Å². The van der Waals surface area contributed by atoms with Gasteiger partial charge in [-0.05, 0) is 40.4 Å². The standard InChI is InChI=1S/C14H24N2O/c1-14(2,15)10-12(16(3)4)11-8-6-7-9-13(11)17-5/h6-9,12H,10,15H2,1-5H3. The summed E-state index contributed by atoms with van der Waals surface area (Å²) in [5.41, 5.74) is 7.13. The van der Waals surface area contributed by atoms with Crippen LogP contribution in [0.3, 0.4) is 0 Å². The van der Waals surface area contributed by atoms with Crippen LogP contribution in [0.1, 0.15) is 31.9 Å². The number of rotatable bonds is 5. The molecule has 17 heavy (non-hydrogen) atoms. The second-order valence-electron chi connectivity index (χ2n) is 5.41. The Balaban J connectivity index is 3.05. The van der Waals surface area contributed by atoms with Crippen molar-refractivity contribution in [1.29, 1.82) is 0 Å². The molecule has 0 aromatic heterocycles. The summed E-state index contributed by atoms with van der Waals surface area (Å²) in [4.78, 5) is 2.19. The third kappa shape index (κ3) is 4.02. The fraction of sp³-hybridized carbons (Fsp3) is 0.571. The van der Waals surface area contributed by atoms with Gasteiger partial charge in [-0.15, -0.1) is 0 Å². The number of benzene rings is 1. The van der Waals surface area contributed by atoms with Crippen LogP contribution in [0.4, 0.5) is 0 Å². The summed E-state index contributed by atoms with van der Waals surface area (Å²) in [5, 5.41) is 0. The average molecular weight is 236 g/mol. The lowest BCUT2D eigenvalue weighted by Gasteiger charge is -2.32. The van der Waals surface area contributed by atoms with Gasteiger partial charge in [0.1, 0.15) is 5.75 Å². The molecule has 1 rings (SSSR count). The Morgan fingerprint density at radius 1 is 1.29 bits per heavy atom. The van der Waals surface area contributed by atoms with Gasteiger partial charge in [-0.25, -0.2) is 0 Å². The summed E-state index contributed by atoms with van der Waals surface area (Å²) in [7, 11) is 5.85. The van der Waals surface area contributed by atoms with Crippen molar-refractivity contribution in [2.45, 2.75) is 31.8 Å². The van der Waals surface area contributed by atoms with Gasteiger partial charge >= 0.3 is 0 Å². The summed E-state index contributed by atoms with van der Waals surface area (Å²) >= 11 is 0. The van der Waals surface area contributed by atoms with E-state index in [9.17, 15) is 0 Å². The van der Waals surface area contributed by atoms with Crippen LogP contribution in [0.5, 0.6) is 5.75 Å². The summed E-state index contributed by atoms with van der Waals surface area (Å²) in [5.74, 6) is 0.926. The largest absolute Gasteiger partial charge is 0.496 e. The van der Waals surface area contributed by atoms with Gasteiger partial charge in [0.15, 0.2) is 0 Å². The van der Waals surface area contributed by atoms with E-state index in [0.29, 0.717) is 0 Å². The van der Waals surface area contributed by atoms with Crippen LogP contribution >= 0.6 is 0 Å². The lowest BCUT2D eigenvalue weighted by Crippen LogP contribution is -2.37. The topological polar surface area (TPSA) is 38.5 Å². The minimum Gasteiger partial charge on any atom is -0.496 e. The number of para-hydroxylation sites is 1. The SMILES string of the molecule is COc1ccccc1C(CC(C)(C)N)N(C)C. The molecule has 0 aliphatic heterocycles. The Kier molecular flexibility index (Phi) is 4.54. The highest BCUT2D eigenvalue weighted by Crippen LogP contribution is 2.32. The van der Waals surface area contributed by atoms with E-state index >= 15 is 0 Å². The quantitative estimate of drug-likeness (QED) is 0.853. The van der Waals surface area contributed by atoms with Gasteiger partial charge in [0, 0.05) is 17.1 Å². The molecule has 1 unspecified atom stereocenters. The first-order chi connectivity index (χ1) is 7.85. The summed E-state index contributed by atoms with van der Waals surface area (Å²) < 4.78 is 5.42. The highest BCUT2D eigenvalue weighted by Gasteiger charge is 2.24. The second kappa shape index (κ2) is 5.52. The molecule has 96 valence electrons. The minimum absolute atomic E-state index is 0.199. The number of methoxy groups -OCH3 is 1. The number of hydrogen-bond acceptors (Lipinski definition) is 3. The van der Waals surface area contributed by atoms with Crippen molar-refractivity contribution in [3.8, 4) is 5.75 Å². The Labute approximate surface area is 105 Å². The molecule has 3 nitrogen and oxygen atoms in total. The maximum Gasteiger partial charge on any atom is 0.123 e. The molecule has 0 aliphatic carbocycles. The van der Waals surface area contributed by atoms with Crippen molar-refractivity contribution in [2.24, 2.45) is 5.73 Å². The van der Waals surface area contributed by atoms with Crippen LogP contribution in [0.2, 0.25) is 0 Å². The van der Waals surface area contributed by atoms with E-state index in [1.807, 2.05) is 18.2 Å². The monoisotopic (exact) mass is 236 g/mol. The molecule has 1 atom stereocenters. The van der Waals surface area contributed by atoms with Gasteiger partial charge in [0.05, 0.1) is 7.11 Å².